The predicted molar refractivity (Wildman–Crippen MR) is 98.0 cm³/mol. The zero-order chi connectivity index (χ0) is 18.1. The van der Waals surface area contributed by atoms with Crippen LogP contribution in [0.3, 0.4) is 0 Å². The summed E-state index contributed by atoms with van der Waals surface area (Å²) in [6.45, 7) is 2.93. The summed E-state index contributed by atoms with van der Waals surface area (Å²) in [6.07, 6.45) is 0. The quantitative estimate of drug-likeness (QED) is 0.597. The number of nitrogens with zero attached hydrogens (tertiary/aromatic N) is 3. The van der Waals surface area contributed by atoms with Crippen molar-refractivity contribution >= 4 is 28.0 Å². The van der Waals surface area contributed by atoms with E-state index in [4.69, 9.17) is 4.42 Å². The molecule has 0 aliphatic heterocycles. The molecule has 0 saturated heterocycles. The molecule has 4 rings (SSSR count). The van der Waals surface area contributed by atoms with Gasteiger partial charge in [-0.1, -0.05) is 24.3 Å². The maximum atomic E-state index is 12.2. The van der Waals surface area contributed by atoms with Gasteiger partial charge in [-0.3, -0.25) is 9.36 Å². The number of carbonyl (C=O) groups excluding carboxylic acids is 1. The van der Waals surface area contributed by atoms with Crippen LogP contribution < -0.4 is 11.1 Å². The monoisotopic (exact) mass is 350 g/mol. The smallest absolute Gasteiger partial charge is 0.408 e. The van der Waals surface area contributed by atoms with Crippen LogP contribution in [0.5, 0.6) is 0 Å². The first-order chi connectivity index (χ1) is 12.6. The summed E-state index contributed by atoms with van der Waals surface area (Å²) in [5.74, 6) is 0.135. The molecule has 0 saturated carbocycles. The molecule has 0 aliphatic carbocycles. The van der Waals surface area contributed by atoms with E-state index < -0.39 is 5.76 Å². The zero-order valence-corrected chi connectivity index (χ0v) is 14.3. The average Bonchev–Trinajstić information content (AvgIpc) is 3.12. The number of carbonyl (C=O) groups is 1. The molecule has 4 aromatic rings. The van der Waals surface area contributed by atoms with Crippen molar-refractivity contribution in [2.45, 2.75) is 20.0 Å². The maximum absolute atomic E-state index is 12.2. The second-order valence-electron chi connectivity index (χ2n) is 6.07. The molecule has 1 N–H and O–H groups in total. The topological polar surface area (TPSA) is 82.1 Å². The minimum atomic E-state index is -0.530. The Morgan fingerprint density at radius 1 is 1.08 bits per heavy atom. The fourth-order valence-corrected chi connectivity index (χ4v) is 3.15. The maximum Gasteiger partial charge on any atom is 0.420 e. The Bertz CT molecular complexity index is 1150. The third kappa shape index (κ3) is 2.88. The summed E-state index contributed by atoms with van der Waals surface area (Å²) >= 11 is 0. The largest absolute Gasteiger partial charge is 0.420 e. The Morgan fingerprint density at radius 3 is 2.65 bits per heavy atom. The number of fused-ring (bicyclic) bond motifs is 2. The van der Waals surface area contributed by atoms with Gasteiger partial charge >= 0.3 is 5.76 Å². The predicted octanol–water partition coefficient (Wildman–Crippen LogP) is 2.07. The Balaban J connectivity index is 1.43. The van der Waals surface area contributed by atoms with Crippen molar-refractivity contribution in [1.29, 1.82) is 0 Å². The van der Waals surface area contributed by atoms with Gasteiger partial charge in [0.05, 0.1) is 16.6 Å². The Hall–Kier alpha value is -3.35. The van der Waals surface area contributed by atoms with Crippen LogP contribution in [0.2, 0.25) is 0 Å². The summed E-state index contributed by atoms with van der Waals surface area (Å²) in [6, 6.07) is 14.9. The van der Waals surface area contributed by atoms with Gasteiger partial charge in [0, 0.05) is 13.1 Å². The standard InChI is InChI=1S/C19H18N4O3/c1-13-21-14-6-2-3-7-15(14)22(13)11-10-20-18(24)12-23-16-8-4-5-9-17(16)26-19(23)25/h2-9H,10-12H2,1H3,(H,20,24). The number of hydrogen-bond donors (Lipinski definition) is 1. The van der Waals surface area contributed by atoms with E-state index in [1.54, 1.807) is 24.3 Å². The van der Waals surface area contributed by atoms with Crippen molar-refractivity contribution in [2.75, 3.05) is 6.54 Å². The number of oxazole rings is 1. The van der Waals surface area contributed by atoms with E-state index in [1.807, 2.05) is 31.2 Å². The highest BCUT2D eigenvalue weighted by Gasteiger charge is 2.12. The summed E-state index contributed by atoms with van der Waals surface area (Å²) in [5, 5.41) is 2.85. The van der Waals surface area contributed by atoms with E-state index in [9.17, 15) is 9.59 Å². The van der Waals surface area contributed by atoms with Crippen LogP contribution in [0, 0.1) is 6.92 Å². The lowest BCUT2D eigenvalue weighted by Gasteiger charge is -2.09. The Morgan fingerprint density at radius 2 is 1.81 bits per heavy atom. The number of rotatable bonds is 5. The lowest BCUT2D eigenvalue weighted by molar-refractivity contribution is -0.121. The number of imidazole rings is 1. The lowest BCUT2D eigenvalue weighted by Crippen LogP contribution is -2.33. The summed E-state index contributed by atoms with van der Waals surface area (Å²) in [5.41, 5.74) is 3.07. The molecular weight excluding hydrogens is 332 g/mol. The first kappa shape index (κ1) is 16.1. The average molecular weight is 350 g/mol. The van der Waals surface area contributed by atoms with Crippen LogP contribution in [-0.4, -0.2) is 26.6 Å². The van der Waals surface area contributed by atoms with Crippen molar-refractivity contribution in [3.05, 3.63) is 64.9 Å². The number of amides is 1. The first-order valence-electron chi connectivity index (χ1n) is 8.40. The minimum Gasteiger partial charge on any atom is -0.408 e. The third-order valence-corrected chi connectivity index (χ3v) is 4.38. The van der Waals surface area contributed by atoms with Gasteiger partial charge in [0.25, 0.3) is 0 Å². The summed E-state index contributed by atoms with van der Waals surface area (Å²) < 4.78 is 8.54. The molecule has 7 heteroatoms. The Labute approximate surface area is 148 Å². The van der Waals surface area contributed by atoms with Crippen molar-refractivity contribution in [2.24, 2.45) is 0 Å². The minimum absolute atomic E-state index is 0.0699. The molecule has 0 radical (unpaired) electrons. The second-order valence-corrected chi connectivity index (χ2v) is 6.07. The molecule has 7 nitrogen and oxygen atoms in total. The molecule has 0 atom stereocenters. The number of aryl methyl sites for hydroxylation is 1. The van der Waals surface area contributed by atoms with Crippen LogP contribution >= 0.6 is 0 Å². The SMILES string of the molecule is Cc1nc2ccccc2n1CCNC(=O)Cn1c(=O)oc2ccccc21. The summed E-state index contributed by atoms with van der Waals surface area (Å²) in [4.78, 5) is 28.7. The van der Waals surface area contributed by atoms with E-state index in [2.05, 4.69) is 14.9 Å². The zero-order valence-electron chi connectivity index (χ0n) is 14.3. The van der Waals surface area contributed by atoms with E-state index >= 15 is 0 Å². The van der Waals surface area contributed by atoms with Crippen LogP contribution in [-0.2, 0) is 17.9 Å². The van der Waals surface area contributed by atoms with Crippen LogP contribution in [0.25, 0.3) is 22.1 Å². The van der Waals surface area contributed by atoms with Gasteiger partial charge < -0.3 is 14.3 Å². The van der Waals surface area contributed by atoms with E-state index in [1.165, 1.54) is 4.57 Å². The normalized spacial score (nSPS) is 11.3. The van der Waals surface area contributed by atoms with Gasteiger partial charge in [-0.25, -0.2) is 9.78 Å². The van der Waals surface area contributed by atoms with Crippen LogP contribution in [0.4, 0.5) is 0 Å². The fourth-order valence-electron chi connectivity index (χ4n) is 3.15. The van der Waals surface area contributed by atoms with Gasteiger partial charge in [-0.2, -0.15) is 0 Å². The molecule has 0 bridgehead atoms. The molecule has 26 heavy (non-hydrogen) atoms. The van der Waals surface area contributed by atoms with Crippen molar-refractivity contribution in [3.8, 4) is 0 Å². The van der Waals surface area contributed by atoms with Crippen LogP contribution in [0.1, 0.15) is 5.82 Å². The van der Waals surface area contributed by atoms with Gasteiger partial charge in [0.2, 0.25) is 5.91 Å². The van der Waals surface area contributed by atoms with Gasteiger partial charge in [0.15, 0.2) is 5.58 Å². The Kier molecular flexibility index (Phi) is 4.04. The molecule has 2 aromatic heterocycles. The number of hydrogen-bond acceptors (Lipinski definition) is 4. The van der Waals surface area contributed by atoms with Crippen molar-refractivity contribution in [1.82, 2.24) is 19.4 Å². The molecule has 0 unspecified atom stereocenters. The summed E-state index contributed by atoms with van der Waals surface area (Å²) in [7, 11) is 0. The highest BCUT2D eigenvalue weighted by Crippen LogP contribution is 2.15. The van der Waals surface area contributed by atoms with Crippen molar-refractivity contribution < 1.29 is 9.21 Å². The molecule has 0 aliphatic rings. The second kappa shape index (κ2) is 6.51. The number of nitrogens with one attached hydrogen (secondary N) is 1. The molecular formula is C19H18N4O3. The molecule has 2 aromatic carbocycles. The van der Waals surface area contributed by atoms with E-state index in [0.717, 1.165) is 16.9 Å². The highest BCUT2D eigenvalue weighted by atomic mass is 16.4. The highest BCUT2D eigenvalue weighted by molar-refractivity contribution is 5.79. The molecule has 2 heterocycles. The number of benzene rings is 2. The van der Waals surface area contributed by atoms with Gasteiger partial charge in [0.1, 0.15) is 12.4 Å². The van der Waals surface area contributed by atoms with Crippen molar-refractivity contribution in [3.63, 3.8) is 0 Å². The molecule has 1 amide bonds. The number of para-hydroxylation sites is 4. The van der Waals surface area contributed by atoms with Crippen LogP contribution in [0.15, 0.2) is 57.7 Å². The van der Waals surface area contributed by atoms with E-state index in [0.29, 0.717) is 24.2 Å². The number of aromatic nitrogens is 3. The lowest BCUT2D eigenvalue weighted by atomic mass is 10.3. The molecule has 0 fully saturated rings. The molecule has 132 valence electrons. The fraction of sp³-hybridized carbons (Fsp3) is 0.211. The molecule has 0 spiro atoms. The first-order valence-corrected chi connectivity index (χ1v) is 8.40. The van der Waals surface area contributed by atoms with Gasteiger partial charge in [-0.15, -0.1) is 0 Å². The van der Waals surface area contributed by atoms with Gasteiger partial charge in [-0.05, 0) is 31.2 Å². The van der Waals surface area contributed by atoms with E-state index in [-0.39, 0.29) is 12.5 Å². The third-order valence-electron chi connectivity index (χ3n) is 4.38.